The number of para-hydroxylation sites is 1. The molecule has 3 rings (SSSR count). The van der Waals surface area contributed by atoms with Crippen molar-refractivity contribution in [2.75, 3.05) is 13.2 Å². The summed E-state index contributed by atoms with van der Waals surface area (Å²) < 4.78 is 7.08. The number of hydrogen-bond acceptors (Lipinski definition) is 5. The summed E-state index contributed by atoms with van der Waals surface area (Å²) in [6, 6.07) is 6.95. The van der Waals surface area contributed by atoms with E-state index in [2.05, 4.69) is 34.5 Å². The highest BCUT2D eigenvalue weighted by atomic mass is 127. The molecule has 0 heterocycles. The predicted molar refractivity (Wildman–Crippen MR) is 139 cm³/mol. The molecule has 2 aliphatic carbocycles. The van der Waals surface area contributed by atoms with Gasteiger partial charge in [0.05, 0.1) is 16.2 Å². The van der Waals surface area contributed by atoms with Gasteiger partial charge in [-0.15, -0.1) is 6.58 Å². The number of carbonyl (C=O) groups is 2. The first-order chi connectivity index (χ1) is 16.5. The van der Waals surface area contributed by atoms with E-state index < -0.39 is 18.2 Å². The van der Waals surface area contributed by atoms with Crippen LogP contribution in [0.25, 0.3) is 0 Å². The van der Waals surface area contributed by atoms with Crippen molar-refractivity contribution in [3.63, 3.8) is 0 Å². The van der Waals surface area contributed by atoms with E-state index in [-0.39, 0.29) is 37.4 Å². The fourth-order valence-corrected chi connectivity index (χ4v) is 5.32. The number of benzene rings is 1. The van der Waals surface area contributed by atoms with Crippen molar-refractivity contribution < 1.29 is 24.5 Å². The van der Waals surface area contributed by atoms with Crippen molar-refractivity contribution in [2.45, 2.75) is 75.7 Å². The second-order valence-corrected chi connectivity index (χ2v) is 10.0. The highest BCUT2D eigenvalue weighted by Gasteiger charge is 2.42. The van der Waals surface area contributed by atoms with Gasteiger partial charge >= 0.3 is 0 Å². The molecule has 1 aromatic carbocycles. The molecule has 3 atom stereocenters. The standard InChI is InChI=1S/C26H35IN2O5/c1-2-3-13-24(31)29(19-9-5-4-6-10-19)21-16-18(26(33)28-14-15-30)17-23(25(21)32)34-22-12-8-7-11-20(22)27/h2,7-8,11-12,17,19,21,23,25,30,32H,1,3-6,9-10,13-16H2,(H,28,33)/t21-,23+,25+/m1/s1. The van der Waals surface area contributed by atoms with Gasteiger partial charge in [0, 0.05) is 31.0 Å². The average Bonchev–Trinajstić information content (AvgIpc) is 2.85. The molecule has 7 nitrogen and oxygen atoms in total. The van der Waals surface area contributed by atoms with E-state index in [4.69, 9.17) is 9.84 Å². The van der Waals surface area contributed by atoms with E-state index in [9.17, 15) is 14.7 Å². The zero-order valence-electron chi connectivity index (χ0n) is 19.5. The zero-order chi connectivity index (χ0) is 24.5. The van der Waals surface area contributed by atoms with E-state index in [1.54, 1.807) is 12.2 Å². The molecule has 0 aliphatic heterocycles. The van der Waals surface area contributed by atoms with Crippen molar-refractivity contribution in [2.24, 2.45) is 0 Å². The van der Waals surface area contributed by atoms with Crippen LogP contribution in [0.4, 0.5) is 0 Å². The van der Waals surface area contributed by atoms with Crippen LogP contribution in [0.15, 0.2) is 48.6 Å². The summed E-state index contributed by atoms with van der Waals surface area (Å²) in [5.41, 5.74) is 0.456. The number of ether oxygens (including phenoxy) is 1. The number of hydrogen-bond donors (Lipinski definition) is 3. The second-order valence-electron chi connectivity index (χ2n) is 8.87. The first kappa shape index (κ1) is 26.7. The normalized spacial score (nSPS) is 23.0. The molecule has 0 saturated heterocycles. The van der Waals surface area contributed by atoms with E-state index in [0.29, 0.717) is 24.2 Å². The van der Waals surface area contributed by atoms with Crippen LogP contribution >= 0.6 is 22.6 Å². The van der Waals surface area contributed by atoms with Crippen molar-refractivity contribution in [3.8, 4) is 5.75 Å². The van der Waals surface area contributed by atoms with Gasteiger partial charge in [0.25, 0.3) is 0 Å². The van der Waals surface area contributed by atoms with Crippen molar-refractivity contribution >= 4 is 34.4 Å². The van der Waals surface area contributed by atoms with Gasteiger partial charge in [-0.2, -0.15) is 0 Å². The maximum atomic E-state index is 13.4. The first-order valence-electron chi connectivity index (χ1n) is 12.1. The molecule has 1 saturated carbocycles. The van der Waals surface area contributed by atoms with Crippen LogP contribution < -0.4 is 10.1 Å². The third-order valence-corrected chi connectivity index (χ3v) is 7.38. The Morgan fingerprint density at radius 2 is 1.97 bits per heavy atom. The predicted octanol–water partition coefficient (Wildman–Crippen LogP) is 3.33. The molecule has 1 aromatic rings. The Balaban J connectivity index is 1.94. The number of allylic oxidation sites excluding steroid dienone is 1. The van der Waals surface area contributed by atoms with E-state index in [1.807, 2.05) is 29.2 Å². The Labute approximate surface area is 215 Å². The van der Waals surface area contributed by atoms with Crippen molar-refractivity contribution in [1.29, 1.82) is 0 Å². The van der Waals surface area contributed by atoms with Crippen LogP contribution in [0.3, 0.4) is 0 Å². The van der Waals surface area contributed by atoms with Crippen LogP contribution in [-0.2, 0) is 9.59 Å². The highest BCUT2D eigenvalue weighted by molar-refractivity contribution is 14.1. The average molecular weight is 582 g/mol. The van der Waals surface area contributed by atoms with E-state index >= 15 is 0 Å². The molecule has 186 valence electrons. The first-order valence-corrected chi connectivity index (χ1v) is 13.1. The molecule has 3 N–H and O–H groups in total. The Hall–Kier alpha value is -1.91. The summed E-state index contributed by atoms with van der Waals surface area (Å²) in [4.78, 5) is 28.1. The quantitative estimate of drug-likeness (QED) is 0.291. The smallest absolute Gasteiger partial charge is 0.247 e. The molecular formula is C26H35IN2O5. The SMILES string of the molecule is C=CCCC(=O)N(C1CCCCC1)[C@@H]1CC(C(=O)NCCO)=C[C@H](Oc2ccccc2I)[C@H]1O. The number of nitrogens with zero attached hydrogens (tertiary/aromatic N) is 1. The van der Waals surface area contributed by atoms with Crippen LogP contribution in [-0.4, -0.2) is 64.4 Å². The molecule has 0 unspecified atom stereocenters. The van der Waals surface area contributed by atoms with Gasteiger partial charge in [-0.25, -0.2) is 0 Å². The van der Waals surface area contributed by atoms with Crippen LogP contribution in [0, 0.1) is 3.57 Å². The lowest BCUT2D eigenvalue weighted by atomic mass is 9.85. The Morgan fingerprint density at radius 1 is 1.24 bits per heavy atom. The largest absolute Gasteiger partial charge is 0.482 e. The lowest BCUT2D eigenvalue weighted by Gasteiger charge is -2.45. The van der Waals surface area contributed by atoms with Gasteiger partial charge in [0.15, 0.2) is 0 Å². The summed E-state index contributed by atoms with van der Waals surface area (Å²) >= 11 is 2.17. The number of halogens is 1. The molecular weight excluding hydrogens is 547 g/mol. The lowest BCUT2D eigenvalue weighted by molar-refractivity contribution is -0.143. The minimum absolute atomic E-state index is 0.0269. The zero-order valence-corrected chi connectivity index (χ0v) is 21.7. The van der Waals surface area contributed by atoms with Gasteiger partial charge in [-0.3, -0.25) is 9.59 Å². The Bertz CT molecular complexity index is 884. The topological polar surface area (TPSA) is 99.1 Å². The number of nitrogens with one attached hydrogen (secondary N) is 1. The third kappa shape index (κ3) is 6.82. The maximum Gasteiger partial charge on any atom is 0.247 e. The molecule has 0 spiro atoms. The van der Waals surface area contributed by atoms with Gasteiger partial charge in [0.1, 0.15) is 18.0 Å². The summed E-state index contributed by atoms with van der Waals surface area (Å²) in [7, 11) is 0. The fraction of sp³-hybridized carbons (Fsp3) is 0.538. The molecule has 0 bridgehead atoms. The van der Waals surface area contributed by atoms with Gasteiger partial charge < -0.3 is 25.2 Å². The van der Waals surface area contributed by atoms with Gasteiger partial charge in [0.2, 0.25) is 11.8 Å². The lowest BCUT2D eigenvalue weighted by Crippen LogP contribution is -2.58. The molecule has 34 heavy (non-hydrogen) atoms. The molecule has 0 radical (unpaired) electrons. The maximum absolute atomic E-state index is 13.4. The number of amides is 2. The van der Waals surface area contributed by atoms with E-state index in [1.165, 1.54) is 0 Å². The molecule has 1 fully saturated rings. The molecule has 2 aliphatic rings. The number of carbonyl (C=O) groups excluding carboxylic acids is 2. The Morgan fingerprint density at radius 3 is 2.65 bits per heavy atom. The Kier molecular flexibility index (Phi) is 10.4. The van der Waals surface area contributed by atoms with Crippen LogP contribution in [0.1, 0.15) is 51.4 Å². The van der Waals surface area contributed by atoms with Gasteiger partial charge in [-0.1, -0.05) is 37.5 Å². The third-order valence-electron chi connectivity index (χ3n) is 6.49. The van der Waals surface area contributed by atoms with Gasteiger partial charge in [-0.05, 0) is 60.1 Å². The molecule has 2 amide bonds. The highest BCUT2D eigenvalue weighted by Crippen LogP contribution is 2.33. The van der Waals surface area contributed by atoms with Crippen molar-refractivity contribution in [1.82, 2.24) is 10.2 Å². The number of rotatable bonds is 10. The fourth-order valence-electron chi connectivity index (χ4n) is 4.81. The van der Waals surface area contributed by atoms with Crippen LogP contribution in [0.5, 0.6) is 5.75 Å². The molecule has 8 heteroatoms. The summed E-state index contributed by atoms with van der Waals surface area (Å²) in [6.45, 7) is 3.71. The minimum Gasteiger partial charge on any atom is -0.482 e. The number of aliphatic hydroxyl groups is 2. The summed E-state index contributed by atoms with van der Waals surface area (Å²) in [5, 5.41) is 23.3. The summed E-state index contributed by atoms with van der Waals surface area (Å²) in [6.07, 6.45) is 7.74. The van der Waals surface area contributed by atoms with Crippen LogP contribution in [0.2, 0.25) is 0 Å². The monoisotopic (exact) mass is 582 g/mol. The van der Waals surface area contributed by atoms with E-state index in [0.717, 1.165) is 35.7 Å². The molecule has 0 aromatic heterocycles. The van der Waals surface area contributed by atoms with Crippen molar-refractivity contribution in [3.05, 3.63) is 52.1 Å². The number of aliphatic hydroxyl groups excluding tert-OH is 2. The minimum atomic E-state index is -0.986. The summed E-state index contributed by atoms with van der Waals surface area (Å²) in [5.74, 6) is 0.270. The second kappa shape index (κ2) is 13.3.